The number of nitrogens with one attached hydrogen (secondary N) is 2. The second-order valence-electron chi connectivity index (χ2n) is 5.60. The molecular formula is C15H20F2N2O3. The van der Waals surface area contributed by atoms with Crippen LogP contribution in [0.5, 0.6) is 0 Å². The van der Waals surface area contributed by atoms with Gasteiger partial charge in [-0.3, -0.25) is 4.79 Å². The molecule has 0 saturated heterocycles. The summed E-state index contributed by atoms with van der Waals surface area (Å²) >= 11 is 0. The van der Waals surface area contributed by atoms with Crippen molar-refractivity contribution in [3.05, 3.63) is 35.9 Å². The Labute approximate surface area is 127 Å². The van der Waals surface area contributed by atoms with Crippen LogP contribution in [0.25, 0.3) is 0 Å². The number of carbonyl (C=O) groups is 2. The number of amides is 2. The number of alkyl halides is 2. The van der Waals surface area contributed by atoms with E-state index >= 15 is 0 Å². The van der Waals surface area contributed by atoms with Crippen LogP contribution in [-0.4, -0.2) is 29.1 Å². The molecule has 5 nitrogen and oxygen atoms in total. The van der Waals surface area contributed by atoms with Gasteiger partial charge in [0.2, 0.25) is 0 Å². The van der Waals surface area contributed by atoms with E-state index in [1.807, 2.05) is 0 Å². The Morgan fingerprint density at radius 1 is 1.23 bits per heavy atom. The van der Waals surface area contributed by atoms with Gasteiger partial charge in [-0.15, -0.1) is 0 Å². The minimum Gasteiger partial charge on any atom is -0.481 e. The highest BCUT2D eigenvalue weighted by atomic mass is 19.3. The van der Waals surface area contributed by atoms with Crippen molar-refractivity contribution in [2.24, 2.45) is 0 Å². The number of urea groups is 1. The van der Waals surface area contributed by atoms with Gasteiger partial charge < -0.3 is 15.7 Å². The van der Waals surface area contributed by atoms with Crippen molar-refractivity contribution in [2.75, 3.05) is 0 Å². The number of carboxylic acid groups (broad SMARTS) is 1. The second kappa shape index (κ2) is 7.72. The average molecular weight is 314 g/mol. The quantitative estimate of drug-likeness (QED) is 0.724. The van der Waals surface area contributed by atoms with Crippen molar-refractivity contribution in [3.8, 4) is 0 Å². The third-order valence-electron chi connectivity index (χ3n) is 3.11. The lowest BCUT2D eigenvalue weighted by Crippen LogP contribution is -2.50. The number of hydrogen-bond donors (Lipinski definition) is 3. The van der Waals surface area contributed by atoms with Crippen LogP contribution >= 0.6 is 0 Å². The first-order valence-corrected chi connectivity index (χ1v) is 6.85. The Kier molecular flexibility index (Phi) is 6.27. The van der Waals surface area contributed by atoms with Gasteiger partial charge in [-0.1, -0.05) is 30.3 Å². The summed E-state index contributed by atoms with van der Waals surface area (Å²) in [6.07, 6.45) is -2.68. The Hall–Kier alpha value is -2.18. The molecule has 0 heterocycles. The van der Waals surface area contributed by atoms with Gasteiger partial charge in [-0.25, -0.2) is 13.6 Å². The average Bonchev–Trinajstić information content (AvgIpc) is 2.43. The highest BCUT2D eigenvalue weighted by Crippen LogP contribution is 2.20. The van der Waals surface area contributed by atoms with E-state index in [0.717, 1.165) is 0 Å². The molecule has 1 atom stereocenters. The van der Waals surface area contributed by atoms with Crippen molar-refractivity contribution < 1.29 is 23.5 Å². The maximum Gasteiger partial charge on any atom is 0.315 e. The molecule has 1 rings (SSSR count). The van der Waals surface area contributed by atoms with E-state index in [4.69, 9.17) is 5.11 Å². The Morgan fingerprint density at radius 3 is 2.32 bits per heavy atom. The number of carbonyl (C=O) groups excluding carboxylic acids is 1. The molecule has 0 bridgehead atoms. The standard InChI is InChI=1S/C15H20F2N2O3/c1-15(2,9-8-11(20)21)19-14(22)18-12(13(16)17)10-6-4-3-5-7-10/h3-7,12-13H,8-9H2,1-2H3,(H,20,21)(H2,18,19,22). The van der Waals surface area contributed by atoms with Crippen LogP contribution in [0.2, 0.25) is 0 Å². The number of hydrogen-bond acceptors (Lipinski definition) is 2. The highest BCUT2D eigenvalue weighted by Gasteiger charge is 2.27. The van der Waals surface area contributed by atoms with Crippen molar-refractivity contribution in [1.82, 2.24) is 10.6 Å². The van der Waals surface area contributed by atoms with Gasteiger partial charge in [0.25, 0.3) is 6.43 Å². The van der Waals surface area contributed by atoms with Gasteiger partial charge in [-0.05, 0) is 25.8 Å². The lowest BCUT2D eigenvalue weighted by molar-refractivity contribution is -0.137. The first-order chi connectivity index (χ1) is 10.2. The summed E-state index contributed by atoms with van der Waals surface area (Å²) in [5.74, 6) is -0.981. The predicted octanol–water partition coefficient (Wildman–Crippen LogP) is 2.94. The van der Waals surface area contributed by atoms with E-state index in [1.165, 1.54) is 12.1 Å². The van der Waals surface area contributed by atoms with Crippen molar-refractivity contribution in [1.29, 1.82) is 0 Å². The SMILES string of the molecule is CC(C)(CCC(=O)O)NC(=O)NC(c1ccccc1)C(F)F. The number of aliphatic carboxylic acids is 1. The topological polar surface area (TPSA) is 78.4 Å². The molecule has 0 saturated carbocycles. The highest BCUT2D eigenvalue weighted by molar-refractivity contribution is 5.75. The summed E-state index contributed by atoms with van der Waals surface area (Å²) in [6, 6.07) is 5.75. The zero-order chi connectivity index (χ0) is 16.8. The number of benzene rings is 1. The maximum absolute atomic E-state index is 13.1. The van der Waals surface area contributed by atoms with Gasteiger partial charge in [0.1, 0.15) is 6.04 Å². The van der Waals surface area contributed by atoms with Crippen molar-refractivity contribution in [2.45, 2.75) is 44.7 Å². The molecule has 0 radical (unpaired) electrons. The van der Waals surface area contributed by atoms with E-state index < -0.39 is 30.0 Å². The molecular weight excluding hydrogens is 294 g/mol. The molecule has 0 aliphatic heterocycles. The fourth-order valence-electron chi connectivity index (χ4n) is 1.92. The summed E-state index contributed by atoms with van der Waals surface area (Å²) in [6.45, 7) is 3.27. The molecule has 7 heteroatoms. The lowest BCUT2D eigenvalue weighted by atomic mass is 9.99. The molecule has 0 aliphatic carbocycles. The van der Waals surface area contributed by atoms with Gasteiger partial charge in [-0.2, -0.15) is 0 Å². The minimum atomic E-state index is -2.75. The molecule has 0 aliphatic rings. The molecule has 1 aromatic carbocycles. The summed E-state index contributed by atoms with van der Waals surface area (Å²) in [7, 11) is 0. The molecule has 1 unspecified atom stereocenters. The predicted molar refractivity (Wildman–Crippen MR) is 77.8 cm³/mol. The van der Waals surface area contributed by atoms with E-state index in [9.17, 15) is 18.4 Å². The number of halogens is 2. The number of carboxylic acids is 1. The normalized spacial score (nSPS) is 12.8. The van der Waals surface area contributed by atoms with Crippen LogP contribution in [0.15, 0.2) is 30.3 Å². The summed E-state index contributed by atoms with van der Waals surface area (Å²) in [4.78, 5) is 22.4. The van der Waals surface area contributed by atoms with E-state index in [2.05, 4.69) is 10.6 Å². The first kappa shape index (κ1) is 17.9. The summed E-state index contributed by atoms with van der Waals surface area (Å²) < 4.78 is 26.2. The molecule has 0 spiro atoms. The van der Waals surface area contributed by atoms with Crippen molar-refractivity contribution >= 4 is 12.0 Å². The van der Waals surface area contributed by atoms with E-state index in [-0.39, 0.29) is 12.8 Å². The molecule has 3 N–H and O–H groups in total. The van der Waals surface area contributed by atoms with Crippen LogP contribution in [-0.2, 0) is 4.79 Å². The van der Waals surface area contributed by atoms with Crippen LogP contribution in [0.1, 0.15) is 38.3 Å². The Morgan fingerprint density at radius 2 is 1.82 bits per heavy atom. The zero-order valence-corrected chi connectivity index (χ0v) is 12.5. The van der Waals surface area contributed by atoms with Crippen LogP contribution < -0.4 is 10.6 Å². The minimum absolute atomic E-state index is 0.121. The van der Waals surface area contributed by atoms with Gasteiger partial charge in [0.15, 0.2) is 0 Å². The number of rotatable bonds is 7. The van der Waals surface area contributed by atoms with Crippen LogP contribution in [0, 0.1) is 0 Å². The second-order valence-corrected chi connectivity index (χ2v) is 5.60. The maximum atomic E-state index is 13.1. The molecule has 1 aromatic rings. The van der Waals surface area contributed by atoms with Crippen LogP contribution in [0.4, 0.5) is 13.6 Å². The van der Waals surface area contributed by atoms with Crippen molar-refractivity contribution in [3.63, 3.8) is 0 Å². The fraction of sp³-hybridized carbons (Fsp3) is 0.467. The summed E-state index contributed by atoms with van der Waals surface area (Å²) in [5, 5.41) is 13.4. The summed E-state index contributed by atoms with van der Waals surface area (Å²) in [5.41, 5.74) is -0.512. The largest absolute Gasteiger partial charge is 0.481 e. The lowest BCUT2D eigenvalue weighted by Gasteiger charge is -2.27. The van der Waals surface area contributed by atoms with E-state index in [1.54, 1.807) is 32.0 Å². The van der Waals surface area contributed by atoms with Gasteiger partial charge in [0.05, 0.1) is 0 Å². The van der Waals surface area contributed by atoms with Gasteiger partial charge in [0, 0.05) is 12.0 Å². The molecule has 0 fully saturated rings. The Bertz CT molecular complexity index is 507. The smallest absolute Gasteiger partial charge is 0.315 e. The molecule has 22 heavy (non-hydrogen) atoms. The fourth-order valence-corrected chi connectivity index (χ4v) is 1.92. The third kappa shape index (κ3) is 6.07. The molecule has 122 valence electrons. The van der Waals surface area contributed by atoms with E-state index in [0.29, 0.717) is 5.56 Å². The van der Waals surface area contributed by atoms with Gasteiger partial charge >= 0.3 is 12.0 Å². The molecule has 2 amide bonds. The third-order valence-corrected chi connectivity index (χ3v) is 3.11. The zero-order valence-electron chi connectivity index (χ0n) is 12.5. The molecule has 0 aromatic heterocycles. The Balaban J connectivity index is 2.66. The first-order valence-electron chi connectivity index (χ1n) is 6.85. The monoisotopic (exact) mass is 314 g/mol. The van der Waals surface area contributed by atoms with Crippen LogP contribution in [0.3, 0.4) is 0 Å².